The lowest BCUT2D eigenvalue weighted by molar-refractivity contribution is -0.149. The van der Waals surface area contributed by atoms with E-state index in [4.69, 9.17) is 0 Å². The lowest BCUT2D eigenvalue weighted by Gasteiger charge is -2.29. The Bertz CT molecular complexity index is 328. The van der Waals surface area contributed by atoms with E-state index in [0.717, 1.165) is 13.1 Å². The van der Waals surface area contributed by atoms with Crippen molar-refractivity contribution in [2.24, 2.45) is 11.8 Å². The van der Waals surface area contributed by atoms with Crippen LogP contribution in [-0.2, 0) is 14.3 Å². The van der Waals surface area contributed by atoms with Crippen LogP contribution in [0.25, 0.3) is 0 Å². The van der Waals surface area contributed by atoms with E-state index >= 15 is 0 Å². The fourth-order valence-electron chi connectivity index (χ4n) is 2.53. The molecule has 2 atom stereocenters. The van der Waals surface area contributed by atoms with Crippen molar-refractivity contribution in [1.29, 1.82) is 0 Å². The molecule has 0 aliphatic carbocycles. The van der Waals surface area contributed by atoms with Crippen molar-refractivity contribution in [1.82, 2.24) is 10.6 Å². The first-order valence-corrected chi connectivity index (χ1v) is 6.97. The minimum Gasteiger partial charge on any atom is -0.467 e. The highest BCUT2D eigenvalue weighted by Crippen LogP contribution is 2.22. The molecule has 2 N–H and O–H groups in total. The molecule has 0 radical (unpaired) electrons. The van der Waals surface area contributed by atoms with Crippen LogP contribution in [0.15, 0.2) is 0 Å². The van der Waals surface area contributed by atoms with E-state index in [9.17, 15) is 9.59 Å². The Balaban J connectivity index is 0.00000361. The van der Waals surface area contributed by atoms with Gasteiger partial charge in [-0.1, -0.05) is 6.92 Å². The Kier molecular flexibility index (Phi) is 8.13. The molecule has 0 aromatic carbocycles. The van der Waals surface area contributed by atoms with Crippen LogP contribution in [0.3, 0.4) is 0 Å². The van der Waals surface area contributed by atoms with Crippen LogP contribution < -0.4 is 10.6 Å². The van der Waals surface area contributed by atoms with Crippen LogP contribution in [0.2, 0.25) is 0 Å². The Labute approximate surface area is 127 Å². The molecule has 5 nitrogen and oxygen atoms in total. The molecule has 20 heavy (non-hydrogen) atoms. The first kappa shape index (κ1) is 19.2. The van der Waals surface area contributed by atoms with Gasteiger partial charge in [-0.3, -0.25) is 4.79 Å². The minimum absolute atomic E-state index is 0. The van der Waals surface area contributed by atoms with Crippen molar-refractivity contribution in [2.75, 3.05) is 20.2 Å². The summed E-state index contributed by atoms with van der Waals surface area (Å²) in [6.07, 6.45) is 2.79. The van der Waals surface area contributed by atoms with E-state index in [1.54, 1.807) is 13.8 Å². The van der Waals surface area contributed by atoms with Crippen molar-refractivity contribution >= 4 is 24.3 Å². The molecule has 1 fully saturated rings. The van der Waals surface area contributed by atoms with E-state index in [1.807, 2.05) is 0 Å². The average Bonchev–Trinajstić information content (AvgIpc) is 2.37. The lowest BCUT2D eigenvalue weighted by atomic mass is 9.85. The van der Waals surface area contributed by atoms with Crippen LogP contribution in [0.1, 0.15) is 40.0 Å². The van der Waals surface area contributed by atoms with Crippen molar-refractivity contribution in [3.63, 3.8) is 0 Å². The molecule has 1 aliphatic rings. The Hall–Kier alpha value is -0.810. The monoisotopic (exact) mass is 306 g/mol. The van der Waals surface area contributed by atoms with Crippen LogP contribution in [0.4, 0.5) is 0 Å². The normalized spacial score (nSPS) is 20.5. The number of nitrogens with one attached hydrogen (secondary N) is 2. The molecule has 1 amide bonds. The maximum atomic E-state index is 12.0. The molecule has 0 aromatic heterocycles. The van der Waals surface area contributed by atoms with Crippen LogP contribution in [0, 0.1) is 11.8 Å². The summed E-state index contributed by atoms with van der Waals surface area (Å²) in [5.74, 6) is 0.350. The van der Waals surface area contributed by atoms with Gasteiger partial charge in [-0.2, -0.15) is 0 Å². The number of rotatable bonds is 5. The Morgan fingerprint density at radius 1 is 1.45 bits per heavy atom. The Morgan fingerprint density at radius 3 is 2.60 bits per heavy atom. The number of halogens is 1. The summed E-state index contributed by atoms with van der Waals surface area (Å²) in [6, 6.07) is 0. The SMILES string of the molecule is COC(=O)C(C)(C)NC(=O)CC(C)C1CCCNC1.Cl. The molecular weight excluding hydrogens is 280 g/mol. The molecule has 0 spiro atoms. The molecule has 0 bridgehead atoms. The molecule has 1 aliphatic heterocycles. The van der Waals surface area contributed by atoms with Crippen molar-refractivity contribution < 1.29 is 14.3 Å². The predicted molar refractivity (Wildman–Crippen MR) is 80.9 cm³/mol. The van der Waals surface area contributed by atoms with Gasteiger partial charge in [0.1, 0.15) is 5.54 Å². The molecule has 2 unspecified atom stereocenters. The van der Waals surface area contributed by atoms with Gasteiger partial charge in [-0.25, -0.2) is 4.79 Å². The second-order valence-corrected chi connectivity index (χ2v) is 5.95. The first-order chi connectivity index (χ1) is 8.86. The summed E-state index contributed by atoms with van der Waals surface area (Å²) in [7, 11) is 1.33. The summed E-state index contributed by atoms with van der Waals surface area (Å²) >= 11 is 0. The maximum absolute atomic E-state index is 12.0. The number of ether oxygens (including phenoxy) is 1. The molecule has 0 aromatic rings. The minimum atomic E-state index is -0.962. The summed E-state index contributed by atoms with van der Waals surface area (Å²) in [4.78, 5) is 23.5. The predicted octanol–water partition coefficient (Wildman–Crippen LogP) is 1.50. The number of amides is 1. The summed E-state index contributed by atoms with van der Waals surface area (Å²) in [5, 5.41) is 6.10. The quantitative estimate of drug-likeness (QED) is 0.756. The summed E-state index contributed by atoms with van der Waals surface area (Å²) in [6.45, 7) is 7.47. The van der Waals surface area contributed by atoms with Gasteiger partial charge in [0.05, 0.1) is 7.11 Å². The van der Waals surface area contributed by atoms with Crippen molar-refractivity contribution in [3.8, 4) is 0 Å². The molecule has 1 heterocycles. The molecule has 0 saturated carbocycles. The number of carbonyl (C=O) groups excluding carboxylic acids is 2. The fraction of sp³-hybridized carbons (Fsp3) is 0.857. The number of hydrogen-bond donors (Lipinski definition) is 2. The third-order valence-electron chi connectivity index (χ3n) is 3.79. The third kappa shape index (κ3) is 5.67. The van der Waals surface area contributed by atoms with E-state index in [0.29, 0.717) is 18.3 Å². The standard InChI is InChI=1S/C14H26N2O3.ClH/c1-10(11-6-5-7-15-9-11)8-12(17)16-14(2,3)13(18)19-4;/h10-11,15H,5-9H2,1-4H3,(H,16,17);1H. The van der Waals surface area contributed by atoms with E-state index < -0.39 is 11.5 Å². The molecular formula is C14H27ClN2O3. The zero-order chi connectivity index (χ0) is 14.5. The van der Waals surface area contributed by atoms with Gasteiger partial charge in [0.15, 0.2) is 0 Å². The second kappa shape index (κ2) is 8.47. The van der Waals surface area contributed by atoms with Gasteiger partial charge in [0, 0.05) is 6.42 Å². The number of hydrogen-bond acceptors (Lipinski definition) is 4. The van der Waals surface area contributed by atoms with Crippen LogP contribution in [0.5, 0.6) is 0 Å². The smallest absolute Gasteiger partial charge is 0.330 e. The van der Waals surface area contributed by atoms with Crippen molar-refractivity contribution in [2.45, 2.75) is 45.6 Å². The molecule has 1 rings (SSSR count). The highest BCUT2D eigenvalue weighted by molar-refractivity contribution is 5.87. The first-order valence-electron chi connectivity index (χ1n) is 6.97. The highest BCUT2D eigenvalue weighted by atomic mass is 35.5. The summed E-state index contributed by atoms with van der Waals surface area (Å²) < 4.78 is 4.67. The zero-order valence-corrected chi connectivity index (χ0v) is 13.6. The molecule has 6 heteroatoms. The summed E-state index contributed by atoms with van der Waals surface area (Å²) in [5.41, 5.74) is -0.962. The second-order valence-electron chi connectivity index (χ2n) is 5.95. The number of esters is 1. The van der Waals surface area contributed by atoms with Gasteiger partial charge in [-0.15, -0.1) is 12.4 Å². The number of piperidine rings is 1. The third-order valence-corrected chi connectivity index (χ3v) is 3.79. The number of methoxy groups -OCH3 is 1. The van der Waals surface area contributed by atoms with E-state index in [-0.39, 0.29) is 18.3 Å². The van der Waals surface area contributed by atoms with E-state index in [1.165, 1.54) is 20.0 Å². The maximum Gasteiger partial charge on any atom is 0.330 e. The van der Waals surface area contributed by atoms with Gasteiger partial charge in [0.25, 0.3) is 0 Å². The zero-order valence-electron chi connectivity index (χ0n) is 12.8. The van der Waals surface area contributed by atoms with Gasteiger partial charge < -0.3 is 15.4 Å². The molecule has 118 valence electrons. The Morgan fingerprint density at radius 2 is 2.10 bits per heavy atom. The fourth-order valence-corrected chi connectivity index (χ4v) is 2.53. The molecule has 1 saturated heterocycles. The topological polar surface area (TPSA) is 67.4 Å². The largest absolute Gasteiger partial charge is 0.467 e. The van der Waals surface area contributed by atoms with E-state index in [2.05, 4.69) is 22.3 Å². The van der Waals surface area contributed by atoms with Crippen molar-refractivity contribution in [3.05, 3.63) is 0 Å². The average molecular weight is 307 g/mol. The highest BCUT2D eigenvalue weighted by Gasteiger charge is 2.31. The van der Waals surface area contributed by atoms with Gasteiger partial charge in [-0.05, 0) is 51.6 Å². The van der Waals surface area contributed by atoms with Gasteiger partial charge in [0.2, 0.25) is 5.91 Å². The van der Waals surface area contributed by atoms with Gasteiger partial charge >= 0.3 is 5.97 Å². The van der Waals surface area contributed by atoms with Crippen LogP contribution >= 0.6 is 12.4 Å². The lowest BCUT2D eigenvalue weighted by Crippen LogP contribution is -2.51. The van der Waals surface area contributed by atoms with Crippen LogP contribution in [-0.4, -0.2) is 37.6 Å². The number of carbonyl (C=O) groups is 2.